The van der Waals surface area contributed by atoms with Crippen LogP contribution in [0.5, 0.6) is 5.75 Å². The number of benzene rings is 1. The topological polar surface area (TPSA) is 74.8 Å². The molecule has 0 radical (unpaired) electrons. The molecule has 0 saturated heterocycles. The van der Waals surface area contributed by atoms with Crippen LogP contribution in [0, 0.1) is 11.7 Å². The van der Waals surface area contributed by atoms with E-state index in [-0.39, 0.29) is 35.5 Å². The molecule has 1 aromatic carbocycles. The summed E-state index contributed by atoms with van der Waals surface area (Å²) >= 11 is 0. The first kappa shape index (κ1) is 21.4. The lowest BCUT2D eigenvalue weighted by Crippen LogP contribution is -2.47. The summed E-state index contributed by atoms with van der Waals surface area (Å²) in [5.41, 5.74) is 0. The van der Waals surface area contributed by atoms with E-state index in [9.17, 15) is 9.18 Å². The van der Waals surface area contributed by atoms with Crippen molar-refractivity contribution in [3.8, 4) is 5.75 Å². The van der Waals surface area contributed by atoms with E-state index in [0.717, 1.165) is 45.1 Å². The number of nitrogens with one attached hydrogen (secondary N) is 3. The van der Waals surface area contributed by atoms with Crippen molar-refractivity contribution in [3.63, 3.8) is 0 Å². The van der Waals surface area contributed by atoms with Gasteiger partial charge in [-0.2, -0.15) is 0 Å². The summed E-state index contributed by atoms with van der Waals surface area (Å²) in [6.45, 7) is 5.04. The van der Waals surface area contributed by atoms with E-state index < -0.39 is 0 Å². The predicted octanol–water partition coefficient (Wildman–Crippen LogP) is 2.99. The van der Waals surface area contributed by atoms with Crippen molar-refractivity contribution in [2.24, 2.45) is 10.9 Å². The lowest BCUT2D eigenvalue weighted by molar-refractivity contribution is -0.126. The van der Waals surface area contributed by atoms with Gasteiger partial charge in [0.1, 0.15) is 6.10 Å². The van der Waals surface area contributed by atoms with Gasteiger partial charge in [0.25, 0.3) is 0 Å². The molecule has 0 aliphatic heterocycles. The average Bonchev–Trinajstić information content (AvgIpc) is 3.52. The monoisotopic (exact) mass is 404 g/mol. The number of guanidine groups is 1. The van der Waals surface area contributed by atoms with Gasteiger partial charge in [0.15, 0.2) is 17.5 Å². The van der Waals surface area contributed by atoms with Crippen LogP contribution in [-0.4, -0.2) is 43.1 Å². The van der Waals surface area contributed by atoms with E-state index in [2.05, 4.69) is 20.9 Å². The summed E-state index contributed by atoms with van der Waals surface area (Å²) in [7, 11) is 0. The molecule has 3 rings (SSSR count). The number of hydrogen-bond donors (Lipinski definition) is 3. The van der Waals surface area contributed by atoms with Gasteiger partial charge in [-0.25, -0.2) is 9.38 Å². The molecule has 3 atom stereocenters. The van der Waals surface area contributed by atoms with Crippen LogP contribution >= 0.6 is 0 Å². The number of aliphatic imine (C=N–C) groups is 1. The first-order valence-corrected chi connectivity index (χ1v) is 10.8. The molecule has 160 valence electrons. The Kier molecular flexibility index (Phi) is 7.72. The predicted molar refractivity (Wildman–Crippen MR) is 113 cm³/mol. The third-order valence-electron chi connectivity index (χ3n) is 5.33. The number of para-hydroxylation sites is 1. The van der Waals surface area contributed by atoms with Crippen LogP contribution in [0.4, 0.5) is 4.39 Å². The van der Waals surface area contributed by atoms with Crippen molar-refractivity contribution in [2.75, 3.05) is 13.1 Å². The zero-order valence-electron chi connectivity index (χ0n) is 17.4. The third kappa shape index (κ3) is 6.91. The summed E-state index contributed by atoms with van der Waals surface area (Å²) in [5, 5.41) is 9.86. The lowest BCUT2D eigenvalue weighted by Gasteiger charge is -2.30. The zero-order chi connectivity index (χ0) is 20.6. The Morgan fingerprint density at radius 3 is 2.72 bits per heavy atom. The second-order valence-corrected chi connectivity index (χ2v) is 8.07. The fraction of sp³-hybridized carbons (Fsp3) is 0.636. The molecule has 0 aromatic heterocycles. The van der Waals surface area contributed by atoms with Crippen LogP contribution in [0.3, 0.4) is 0 Å². The van der Waals surface area contributed by atoms with Gasteiger partial charge in [-0.15, -0.1) is 0 Å². The summed E-state index contributed by atoms with van der Waals surface area (Å²) in [6, 6.07) is 7.02. The molecule has 0 spiro atoms. The van der Waals surface area contributed by atoms with Gasteiger partial charge >= 0.3 is 0 Å². The first-order chi connectivity index (χ1) is 14.0. The van der Waals surface area contributed by atoms with E-state index in [1.54, 1.807) is 18.2 Å². The maximum absolute atomic E-state index is 13.7. The average molecular weight is 405 g/mol. The molecule has 2 fully saturated rings. The minimum Gasteiger partial charge on any atom is -0.486 e. The first-order valence-electron chi connectivity index (χ1n) is 10.8. The Balaban J connectivity index is 1.51. The van der Waals surface area contributed by atoms with Crippen LogP contribution in [0.15, 0.2) is 29.3 Å². The smallest absolute Gasteiger partial charge is 0.223 e. The largest absolute Gasteiger partial charge is 0.486 e. The van der Waals surface area contributed by atoms with E-state index in [1.807, 2.05) is 13.8 Å². The van der Waals surface area contributed by atoms with Gasteiger partial charge in [-0.05, 0) is 58.1 Å². The van der Waals surface area contributed by atoms with Gasteiger partial charge in [-0.1, -0.05) is 18.6 Å². The molecule has 2 saturated carbocycles. The molecule has 1 amide bonds. The van der Waals surface area contributed by atoms with Crippen molar-refractivity contribution in [1.29, 1.82) is 0 Å². The minimum absolute atomic E-state index is 0.0769. The Labute approximate surface area is 172 Å². The summed E-state index contributed by atoms with van der Waals surface area (Å²) in [5.74, 6) is 0.863. The molecular weight excluding hydrogens is 371 g/mol. The Morgan fingerprint density at radius 1 is 1.21 bits per heavy atom. The fourth-order valence-corrected chi connectivity index (χ4v) is 3.63. The van der Waals surface area contributed by atoms with Gasteiger partial charge in [0.2, 0.25) is 5.91 Å². The van der Waals surface area contributed by atoms with Crippen LogP contribution in [0.25, 0.3) is 0 Å². The normalized spacial score (nSPS) is 23.2. The van der Waals surface area contributed by atoms with Gasteiger partial charge in [0.05, 0.1) is 6.54 Å². The number of ether oxygens (including phenoxy) is 1. The van der Waals surface area contributed by atoms with Gasteiger partial charge < -0.3 is 20.7 Å². The molecule has 6 nitrogen and oxygen atoms in total. The molecule has 3 unspecified atom stereocenters. The van der Waals surface area contributed by atoms with Crippen molar-refractivity contribution in [3.05, 3.63) is 30.1 Å². The fourth-order valence-electron chi connectivity index (χ4n) is 3.63. The third-order valence-corrected chi connectivity index (χ3v) is 5.33. The van der Waals surface area contributed by atoms with Gasteiger partial charge in [0, 0.05) is 24.5 Å². The Hall–Kier alpha value is -2.31. The summed E-state index contributed by atoms with van der Waals surface area (Å²) < 4.78 is 19.4. The quantitative estimate of drug-likeness (QED) is 0.460. The Morgan fingerprint density at radius 2 is 2.00 bits per heavy atom. The molecule has 1 aromatic rings. The number of rotatable bonds is 8. The number of carbonyl (C=O) groups is 1. The minimum atomic E-state index is -0.369. The van der Waals surface area contributed by atoms with Crippen molar-refractivity contribution in [2.45, 2.75) is 70.6 Å². The second-order valence-electron chi connectivity index (χ2n) is 8.07. The molecule has 7 heteroatoms. The number of carbonyl (C=O) groups excluding carboxylic acids is 1. The van der Waals surface area contributed by atoms with Crippen molar-refractivity contribution in [1.82, 2.24) is 16.0 Å². The molecule has 0 heterocycles. The van der Waals surface area contributed by atoms with Crippen LogP contribution in [0.2, 0.25) is 0 Å². The molecule has 0 bridgehead atoms. The maximum Gasteiger partial charge on any atom is 0.223 e. The van der Waals surface area contributed by atoms with E-state index in [0.29, 0.717) is 18.5 Å². The zero-order valence-corrected chi connectivity index (χ0v) is 17.4. The highest BCUT2D eigenvalue weighted by Crippen LogP contribution is 2.26. The molecular formula is C22H33FN4O2. The summed E-state index contributed by atoms with van der Waals surface area (Å²) in [6.07, 6.45) is 5.81. The van der Waals surface area contributed by atoms with E-state index in [1.165, 1.54) is 6.07 Å². The van der Waals surface area contributed by atoms with Crippen LogP contribution in [0.1, 0.15) is 52.4 Å². The summed E-state index contributed by atoms with van der Waals surface area (Å²) in [4.78, 5) is 17.0. The highest BCUT2D eigenvalue weighted by atomic mass is 19.1. The van der Waals surface area contributed by atoms with E-state index >= 15 is 0 Å². The second kappa shape index (κ2) is 10.5. The number of halogens is 1. The van der Waals surface area contributed by atoms with Crippen molar-refractivity contribution < 1.29 is 13.9 Å². The number of hydrogen-bond acceptors (Lipinski definition) is 3. The molecule has 2 aliphatic carbocycles. The molecule has 3 N–H and O–H groups in total. The van der Waals surface area contributed by atoms with E-state index in [4.69, 9.17) is 4.74 Å². The molecule has 2 aliphatic rings. The number of nitrogens with zero attached hydrogens (tertiary/aromatic N) is 1. The highest BCUT2D eigenvalue weighted by molar-refractivity contribution is 5.81. The SMILES string of the molecule is CCNC(=NCC(C)Oc1ccccc1F)NC1CCCC(C(=O)NC2CC2)C1. The van der Waals surface area contributed by atoms with Crippen molar-refractivity contribution >= 4 is 11.9 Å². The highest BCUT2D eigenvalue weighted by Gasteiger charge is 2.31. The Bertz CT molecular complexity index is 708. The number of amides is 1. The molecule has 29 heavy (non-hydrogen) atoms. The van der Waals surface area contributed by atoms with Gasteiger partial charge in [-0.3, -0.25) is 4.79 Å². The maximum atomic E-state index is 13.7. The lowest BCUT2D eigenvalue weighted by atomic mass is 9.85. The van der Waals surface area contributed by atoms with Crippen LogP contribution < -0.4 is 20.7 Å². The van der Waals surface area contributed by atoms with Crippen LogP contribution in [-0.2, 0) is 4.79 Å². The standard InChI is InChI=1S/C22H33FN4O2/c1-3-24-22(25-14-15(2)29-20-10-5-4-9-19(20)23)27-18-8-6-7-16(13-18)21(28)26-17-11-12-17/h4-5,9-10,15-18H,3,6-8,11-14H2,1-2H3,(H,26,28)(H2,24,25,27).